The quantitative estimate of drug-likeness (QED) is 0.804. The second-order valence-corrected chi connectivity index (χ2v) is 7.75. The van der Waals surface area contributed by atoms with Crippen LogP contribution in [0.3, 0.4) is 0 Å². The van der Waals surface area contributed by atoms with Crippen molar-refractivity contribution < 1.29 is 18.3 Å². The number of para-hydroxylation sites is 1. The molecule has 5 nitrogen and oxygen atoms in total. The SMILES string of the molecule is C[C@]1(NC[C@@H](O)COc2ccccc2)CCS(=O)(=O)C1. The lowest BCUT2D eigenvalue weighted by atomic mass is 10.0. The van der Waals surface area contributed by atoms with Gasteiger partial charge in [-0.3, -0.25) is 0 Å². The number of aliphatic hydroxyl groups excluding tert-OH is 1. The number of rotatable bonds is 6. The van der Waals surface area contributed by atoms with Crippen LogP contribution < -0.4 is 10.1 Å². The average Bonchev–Trinajstić information content (AvgIpc) is 2.70. The first kappa shape index (κ1) is 15.3. The Balaban J connectivity index is 1.74. The van der Waals surface area contributed by atoms with E-state index >= 15 is 0 Å². The second-order valence-electron chi connectivity index (χ2n) is 5.56. The van der Waals surface area contributed by atoms with Gasteiger partial charge in [0.25, 0.3) is 0 Å². The molecular weight excluding hydrogens is 278 g/mol. The molecule has 2 N–H and O–H groups in total. The summed E-state index contributed by atoms with van der Waals surface area (Å²) >= 11 is 0. The summed E-state index contributed by atoms with van der Waals surface area (Å²) in [6, 6.07) is 9.27. The van der Waals surface area contributed by atoms with E-state index in [0.29, 0.717) is 18.7 Å². The molecule has 2 atom stereocenters. The van der Waals surface area contributed by atoms with Crippen LogP contribution in [-0.4, -0.2) is 49.8 Å². The minimum Gasteiger partial charge on any atom is -0.491 e. The molecule has 1 aliphatic rings. The third-order valence-electron chi connectivity index (χ3n) is 3.45. The van der Waals surface area contributed by atoms with E-state index in [-0.39, 0.29) is 18.1 Å². The highest BCUT2D eigenvalue weighted by Crippen LogP contribution is 2.22. The minimum atomic E-state index is -2.93. The summed E-state index contributed by atoms with van der Waals surface area (Å²) in [5.41, 5.74) is -0.438. The molecule has 0 saturated carbocycles. The molecule has 1 saturated heterocycles. The van der Waals surface area contributed by atoms with Gasteiger partial charge in [0.1, 0.15) is 18.5 Å². The fourth-order valence-electron chi connectivity index (χ4n) is 2.28. The van der Waals surface area contributed by atoms with Crippen LogP contribution in [0, 0.1) is 0 Å². The van der Waals surface area contributed by atoms with Gasteiger partial charge in [-0.25, -0.2) is 8.42 Å². The molecule has 0 spiro atoms. The van der Waals surface area contributed by atoms with Gasteiger partial charge >= 0.3 is 0 Å². The van der Waals surface area contributed by atoms with E-state index in [2.05, 4.69) is 5.32 Å². The molecule has 20 heavy (non-hydrogen) atoms. The number of nitrogens with one attached hydrogen (secondary N) is 1. The zero-order valence-electron chi connectivity index (χ0n) is 11.6. The Morgan fingerprint density at radius 3 is 2.70 bits per heavy atom. The maximum absolute atomic E-state index is 11.5. The normalized spacial score (nSPS) is 26.3. The first-order valence-electron chi connectivity index (χ1n) is 6.70. The molecular formula is C14H21NO4S. The monoisotopic (exact) mass is 299 g/mol. The molecule has 0 unspecified atom stereocenters. The number of β-amino-alcohol motifs (C(OH)–C–C–N with tert-alkyl or cyclic N) is 1. The van der Waals surface area contributed by atoms with Crippen molar-refractivity contribution in [3.05, 3.63) is 30.3 Å². The minimum absolute atomic E-state index is 0.131. The van der Waals surface area contributed by atoms with Crippen molar-refractivity contribution in [3.63, 3.8) is 0 Å². The standard InChI is InChI=1S/C14H21NO4S/c1-14(7-8-20(17,18)11-14)15-9-12(16)10-19-13-5-3-2-4-6-13/h2-6,12,15-16H,7-11H2,1H3/t12-,14+/m1/s1. The summed E-state index contributed by atoms with van der Waals surface area (Å²) in [5.74, 6) is 1.06. The van der Waals surface area contributed by atoms with Crippen LogP contribution in [0.1, 0.15) is 13.3 Å². The molecule has 1 aromatic carbocycles. The second kappa shape index (κ2) is 6.11. The fraction of sp³-hybridized carbons (Fsp3) is 0.571. The van der Waals surface area contributed by atoms with Gasteiger partial charge in [0.15, 0.2) is 9.84 Å². The van der Waals surface area contributed by atoms with Crippen molar-refractivity contribution in [1.82, 2.24) is 5.32 Å². The number of hydrogen-bond donors (Lipinski definition) is 2. The summed E-state index contributed by atoms with van der Waals surface area (Å²) in [6.07, 6.45) is -0.0861. The average molecular weight is 299 g/mol. The Hall–Kier alpha value is -1.11. The van der Waals surface area contributed by atoms with Crippen LogP contribution in [0.2, 0.25) is 0 Å². The molecule has 1 aromatic rings. The fourth-order valence-corrected chi connectivity index (χ4v) is 4.41. The maximum Gasteiger partial charge on any atom is 0.152 e. The van der Waals surface area contributed by atoms with Gasteiger partial charge in [-0.1, -0.05) is 18.2 Å². The van der Waals surface area contributed by atoms with Crippen molar-refractivity contribution in [2.45, 2.75) is 25.0 Å². The first-order chi connectivity index (χ1) is 9.39. The smallest absolute Gasteiger partial charge is 0.152 e. The van der Waals surface area contributed by atoms with Crippen LogP contribution in [-0.2, 0) is 9.84 Å². The van der Waals surface area contributed by atoms with Gasteiger partial charge in [-0.05, 0) is 25.5 Å². The molecule has 1 heterocycles. The molecule has 0 amide bonds. The van der Waals surface area contributed by atoms with Crippen molar-refractivity contribution >= 4 is 9.84 Å². The van der Waals surface area contributed by atoms with E-state index in [1.54, 1.807) is 0 Å². The molecule has 1 fully saturated rings. The van der Waals surface area contributed by atoms with Gasteiger partial charge in [-0.2, -0.15) is 0 Å². The summed E-state index contributed by atoms with van der Waals surface area (Å²) in [5, 5.41) is 13.0. The van der Waals surface area contributed by atoms with Crippen molar-refractivity contribution in [2.75, 3.05) is 24.7 Å². The predicted molar refractivity (Wildman–Crippen MR) is 77.6 cm³/mol. The summed E-state index contributed by atoms with van der Waals surface area (Å²) in [4.78, 5) is 0. The third kappa shape index (κ3) is 4.47. The molecule has 0 radical (unpaired) electrons. The highest BCUT2D eigenvalue weighted by molar-refractivity contribution is 7.91. The summed E-state index contributed by atoms with van der Waals surface area (Å²) in [6.45, 7) is 2.38. The molecule has 112 valence electrons. The van der Waals surface area contributed by atoms with Gasteiger partial charge in [0, 0.05) is 12.1 Å². The van der Waals surface area contributed by atoms with Gasteiger partial charge < -0.3 is 15.2 Å². The summed E-state index contributed by atoms with van der Waals surface area (Å²) < 4.78 is 28.4. The Labute approximate surface area is 119 Å². The number of hydrogen-bond acceptors (Lipinski definition) is 5. The number of sulfone groups is 1. The summed E-state index contributed by atoms with van der Waals surface area (Å²) in [7, 11) is -2.93. The lowest BCUT2D eigenvalue weighted by Gasteiger charge is -2.25. The van der Waals surface area contributed by atoms with Gasteiger partial charge in [0.05, 0.1) is 11.5 Å². The van der Waals surface area contributed by atoms with Gasteiger partial charge in [0.2, 0.25) is 0 Å². The van der Waals surface area contributed by atoms with E-state index in [1.807, 2.05) is 37.3 Å². The van der Waals surface area contributed by atoms with Crippen LogP contribution in [0.4, 0.5) is 0 Å². The molecule has 0 aromatic heterocycles. The van der Waals surface area contributed by atoms with E-state index in [0.717, 1.165) is 0 Å². The Kier molecular flexibility index (Phi) is 4.67. The Bertz CT molecular complexity index is 531. The van der Waals surface area contributed by atoms with Crippen molar-refractivity contribution in [3.8, 4) is 5.75 Å². The largest absolute Gasteiger partial charge is 0.491 e. The van der Waals surface area contributed by atoms with Crippen LogP contribution in [0.25, 0.3) is 0 Å². The lowest BCUT2D eigenvalue weighted by molar-refractivity contribution is 0.0993. The first-order valence-corrected chi connectivity index (χ1v) is 8.52. The lowest BCUT2D eigenvalue weighted by Crippen LogP contribution is -2.47. The topological polar surface area (TPSA) is 75.6 Å². The highest BCUT2D eigenvalue weighted by atomic mass is 32.2. The van der Waals surface area contributed by atoms with E-state index < -0.39 is 21.5 Å². The number of ether oxygens (including phenoxy) is 1. The van der Waals surface area contributed by atoms with E-state index in [9.17, 15) is 13.5 Å². The Morgan fingerprint density at radius 1 is 1.40 bits per heavy atom. The van der Waals surface area contributed by atoms with E-state index in [4.69, 9.17) is 4.74 Å². The Morgan fingerprint density at radius 2 is 2.10 bits per heavy atom. The molecule has 2 rings (SSSR count). The molecule has 1 aliphatic heterocycles. The molecule has 0 aliphatic carbocycles. The zero-order valence-corrected chi connectivity index (χ0v) is 12.4. The highest BCUT2D eigenvalue weighted by Gasteiger charge is 2.38. The maximum atomic E-state index is 11.5. The van der Waals surface area contributed by atoms with Crippen LogP contribution in [0.5, 0.6) is 5.75 Å². The predicted octanol–water partition coefficient (Wildman–Crippen LogP) is 0.593. The van der Waals surface area contributed by atoms with Gasteiger partial charge in [-0.15, -0.1) is 0 Å². The molecule has 0 bridgehead atoms. The van der Waals surface area contributed by atoms with Crippen molar-refractivity contribution in [2.24, 2.45) is 0 Å². The van der Waals surface area contributed by atoms with E-state index in [1.165, 1.54) is 0 Å². The third-order valence-corrected chi connectivity index (χ3v) is 5.36. The van der Waals surface area contributed by atoms with Crippen LogP contribution in [0.15, 0.2) is 30.3 Å². The van der Waals surface area contributed by atoms with Crippen LogP contribution >= 0.6 is 0 Å². The number of aliphatic hydroxyl groups is 1. The number of benzene rings is 1. The zero-order chi connectivity index (χ0) is 14.6. The molecule has 6 heteroatoms. The van der Waals surface area contributed by atoms with Crippen molar-refractivity contribution in [1.29, 1.82) is 0 Å².